The van der Waals surface area contributed by atoms with Gasteiger partial charge in [0.05, 0.1) is 6.54 Å². The lowest BCUT2D eigenvalue weighted by Gasteiger charge is -2.05. The topological polar surface area (TPSA) is 93.7 Å². The van der Waals surface area contributed by atoms with Gasteiger partial charge in [0.25, 0.3) is 0 Å². The summed E-state index contributed by atoms with van der Waals surface area (Å²) in [6.07, 6.45) is 0. The Labute approximate surface area is 104 Å². The van der Waals surface area contributed by atoms with Crippen molar-refractivity contribution in [3.05, 3.63) is 46.9 Å². The molecule has 6 heteroatoms. The van der Waals surface area contributed by atoms with E-state index in [0.717, 1.165) is 0 Å². The predicted octanol–water partition coefficient (Wildman–Crippen LogP) is 1.25. The second-order valence-electron chi connectivity index (χ2n) is 4.02. The summed E-state index contributed by atoms with van der Waals surface area (Å²) in [5.74, 6) is -0.0654. The smallest absolute Gasteiger partial charge is 0.144 e. The lowest BCUT2D eigenvalue weighted by Crippen LogP contribution is -2.14. The van der Waals surface area contributed by atoms with Crippen molar-refractivity contribution < 1.29 is 4.39 Å². The Bertz CT molecular complexity index is 603. The number of halogens is 1. The number of benzene rings is 1. The molecule has 0 fully saturated rings. The normalized spacial score (nSPS) is 10.6. The maximum absolute atomic E-state index is 13.5. The first-order valence-electron chi connectivity index (χ1n) is 5.41. The minimum absolute atomic E-state index is 0.147. The highest BCUT2D eigenvalue weighted by Gasteiger charge is 2.14. The Kier molecular flexibility index (Phi) is 3.01. The monoisotopic (exact) mass is 247 g/mol. The average Bonchev–Trinajstić information content (AvgIpc) is 2.60. The van der Waals surface area contributed by atoms with Gasteiger partial charge in [-0.3, -0.25) is 5.41 Å². The van der Waals surface area contributed by atoms with E-state index >= 15 is 0 Å². The molecule has 0 saturated heterocycles. The number of amidine groups is 1. The van der Waals surface area contributed by atoms with Gasteiger partial charge in [-0.2, -0.15) is 5.10 Å². The van der Waals surface area contributed by atoms with E-state index in [4.69, 9.17) is 16.9 Å². The molecule has 0 bridgehead atoms. The molecular weight excluding hydrogens is 233 g/mol. The van der Waals surface area contributed by atoms with Gasteiger partial charge in [0, 0.05) is 11.1 Å². The first kappa shape index (κ1) is 12.1. The van der Waals surface area contributed by atoms with Crippen LogP contribution >= 0.6 is 0 Å². The molecule has 2 rings (SSSR count). The molecule has 0 saturated carbocycles. The molecule has 0 aliphatic rings. The number of rotatable bonds is 3. The van der Waals surface area contributed by atoms with Crippen LogP contribution in [0, 0.1) is 18.2 Å². The van der Waals surface area contributed by atoms with Gasteiger partial charge in [0.2, 0.25) is 0 Å². The zero-order valence-electron chi connectivity index (χ0n) is 9.94. The van der Waals surface area contributed by atoms with E-state index in [0.29, 0.717) is 22.6 Å². The quantitative estimate of drug-likeness (QED) is 0.562. The Hall–Kier alpha value is -2.37. The van der Waals surface area contributed by atoms with E-state index in [1.165, 1.54) is 10.7 Å². The lowest BCUT2D eigenvalue weighted by molar-refractivity contribution is 0.587. The van der Waals surface area contributed by atoms with Gasteiger partial charge in [-0.15, -0.1) is 0 Å². The number of anilines is 1. The van der Waals surface area contributed by atoms with Crippen molar-refractivity contribution in [3.63, 3.8) is 0 Å². The number of nitrogens with one attached hydrogen (secondary N) is 1. The molecule has 0 unspecified atom stereocenters. The summed E-state index contributed by atoms with van der Waals surface area (Å²) in [5, 5.41) is 11.5. The number of nitrogen functional groups attached to an aromatic ring is 2. The van der Waals surface area contributed by atoms with E-state index in [1.807, 2.05) is 0 Å². The third kappa shape index (κ3) is 2.04. The summed E-state index contributed by atoms with van der Waals surface area (Å²) < 4.78 is 15.0. The average molecular weight is 247 g/mol. The maximum atomic E-state index is 13.5. The van der Waals surface area contributed by atoms with Crippen molar-refractivity contribution in [2.24, 2.45) is 5.73 Å². The maximum Gasteiger partial charge on any atom is 0.144 e. The molecule has 0 radical (unpaired) electrons. The van der Waals surface area contributed by atoms with E-state index in [-0.39, 0.29) is 18.2 Å². The zero-order chi connectivity index (χ0) is 13.3. The summed E-state index contributed by atoms with van der Waals surface area (Å²) in [6, 6.07) is 6.42. The third-order valence-electron chi connectivity index (χ3n) is 2.77. The van der Waals surface area contributed by atoms with E-state index < -0.39 is 0 Å². The van der Waals surface area contributed by atoms with Crippen LogP contribution in [0.15, 0.2) is 24.3 Å². The van der Waals surface area contributed by atoms with E-state index in [2.05, 4.69) is 5.10 Å². The molecule has 0 amide bonds. The van der Waals surface area contributed by atoms with Crippen molar-refractivity contribution in [3.8, 4) is 0 Å². The molecule has 5 N–H and O–H groups in total. The molecule has 0 aliphatic carbocycles. The molecule has 18 heavy (non-hydrogen) atoms. The summed E-state index contributed by atoms with van der Waals surface area (Å²) in [5.41, 5.74) is 12.7. The minimum atomic E-state index is -0.311. The summed E-state index contributed by atoms with van der Waals surface area (Å²) in [7, 11) is 0. The third-order valence-corrected chi connectivity index (χ3v) is 2.77. The Morgan fingerprint density at radius 1 is 1.44 bits per heavy atom. The van der Waals surface area contributed by atoms with Crippen LogP contribution in [0.2, 0.25) is 0 Å². The lowest BCUT2D eigenvalue weighted by atomic mass is 10.2. The van der Waals surface area contributed by atoms with Crippen molar-refractivity contribution in [2.75, 3.05) is 5.73 Å². The zero-order valence-corrected chi connectivity index (χ0v) is 9.94. The molecule has 0 spiro atoms. The Morgan fingerprint density at radius 3 is 2.67 bits per heavy atom. The molecule has 0 aliphatic heterocycles. The summed E-state index contributed by atoms with van der Waals surface area (Å²) in [6.45, 7) is 1.95. The van der Waals surface area contributed by atoms with Crippen molar-refractivity contribution in [1.29, 1.82) is 5.41 Å². The number of hydrogen-bond donors (Lipinski definition) is 3. The van der Waals surface area contributed by atoms with Gasteiger partial charge in [0.15, 0.2) is 0 Å². The molecule has 2 aromatic rings. The van der Waals surface area contributed by atoms with Gasteiger partial charge >= 0.3 is 0 Å². The highest BCUT2D eigenvalue weighted by atomic mass is 19.1. The van der Waals surface area contributed by atoms with Crippen LogP contribution in [-0.2, 0) is 6.54 Å². The van der Waals surface area contributed by atoms with Crippen LogP contribution in [0.25, 0.3) is 0 Å². The van der Waals surface area contributed by atoms with Crippen molar-refractivity contribution in [1.82, 2.24) is 9.78 Å². The molecule has 0 atom stereocenters. The highest BCUT2D eigenvalue weighted by Crippen LogP contribution is 2.17. The van der Waals surface area contributed by atoms with E-state index in [9.17, 15) is 4.39 Å². The summed E-state index contributed by atoms with van der Waals surface area (Å²) >= 11 is 0. The van der Waals surface area contributed by atoms with Gasteiger partial charge in [0.1, 0.15) is 23.2 Å². The largest absolute Gasteiger partial charge is 0.384 e. The molecular formula is C12H14FN5. The predicted molar refractivity (Wildman–Crippen MR) is 67.9 cm³/mol. The fourth-order valence-electron chi connectivity index (χ4n) is 1.73. The van der Waals surface area contributed by atoms with Crippen molar-refractivity contribution >= 4 is 11.7 Å². The van der Waals surface area contributed by atoms with Crippen LogP contribution in [0.5, 0.6) is 0 Å². The number of aromatic nitrogens is 2. The highest BCUT2D eigenvalue weighted by molar-refractivity contribution is 5.95. The Balaban J connectivity index is 2.39. The van der Waals surface area contributed by atoms with Crippen LogP contribution < -0.4 is 11.5 Å². The number of nitrogens with two attached hydrogens (primary N) is 2. The molecule has 5 nitrogen and oxygen atoms in total. The van der Waals surface area contributed by atoms with Crippen LogP contribution in [0.1, 0.15) is 16.8 Å². The van der Waals surface area contributed by atoms with Crippen LogP contribution in [0.4, 0.5) is 10.2 Å². The SMILES string of the molecule is Cc1c(C(=N)N)nn(Cc2ccccc2F)c1N. The first-order valence-corrected chi connectivity index (χ1v) is 5.41. The summed E-state index contributed by atoms with van der Waals surface area (Å²) in [4.78, 5) is 0. The van der Waals surface area contributed by atoms with Crippen molar-refractivity contribution in [2.45, 2.75) is 13.5 Å². The first-order chi connectivity index (χ1) is 8.50. The molecule has 94 valence electrons. The number of nitrogens with zero attached hydrogens (tertiary/aromatic N) is 2. The minimum Gasteiger partial charge on any atom is -0.384 e. The van der Waals surface area contributed by atoms with Gasteiger partial charge in [-0.1, -0.05) is 18.2 Å². The fourth-order valence-corrected chi connectivity index (χ4v) is 1.73. The molecule has 1 aromatic heterocycles. The molecule has 1 heterocycles. The van der Waals surface area contributed by atoms with Crippen LogP contribution in [0.3, 0.4) is 0 Å². The number of hydrogen-bond acceptors (Lipinski definition) is 3. The van der Waals surface area contributed by atoms with Gasteiger partial charge in [-0.05, 0) is 13.0 Å². The second-order valence-corrected chi connectivity index (χ2v) is 4.02. The second kappa shape index (κ2) is 4.48. The molecule has 1 aromatic carbocycles. The van der Waals surface area contributed by atoms with Gasteiger partial charge in [-0.25, -0.2) is 9.07 Å². The fraction of sp³-hybridized carbons (Fsp3) is 0.167. The van der Waals surface area contributed by atoms with Crippen LogP contribution in [-0.4, -0.2) is 15.6 Å². The van der Waals surface area contributed by atoms with E-state index in [1.54, 1.807) is 25.1 Å². The standard InChI is InChI=1S/C12H14FN5/c1-7-10(11(14)15)17-18(12(7)16)6-8-4-2-3-5-9(8)13/h2-5H,6,16H2,1H3,(H3,14,15). The Morgan fingerprint density at radius 2 is 2.11 bits per heavy atom. The van der Waals surface area contributed by atoms with Gasteiger partial charge < -0.3 is 11.5 Å².